The first kappa shape index (κ1) is 12.1. The number of aryl methyl sites for hydroxylation is 1. The van der Waals surface area contributed by atoms with Crippen molar-refractivity contribution in [3.63, 3.8) is 0 Å². The molecular formula is C13H19BrN2. The fourth-order valence-electron chi connectivity index (χ4n) is 2.10. The number of nitrogens with zero attached hydrogens (tertiary/aromatic N) is 2. The molecule has 0 saturated heterocycles. The zero-order valence-electron chi connectivity index (χ0n) is 10.0. The SMILES string of the molecule is Cc1cccc(CN(C)CC2(CBr)CC2)n1. The summed E-state index contributed by atoms with van der Waals surface area (Å²) in [6, 6.07) is 6.24. The molecule has 1 saturated carbocycles. The van der Waals surface area contributed by atoms with E-state index in [1.165, 1.54) is 25.1 Å². The second-order valence-corrected chi connectivity index (χ2v) is 5.64. The summed E-state index contributed by atoms with van der Waals surface area (Å²) in [5, 5.41) is 1.13. The lowest BCUT2D eigenvalue weighted by Crippen LogP contribution is -2.27. The van der Waals surface area contributed by atoms with Gasteiger partial charge in [0.1, 0.15) is 0 Å². The number of hydrogen-bond donors (Lipinski definition) is 0. The minimum atomic E-state index is 0.554. The molecule has 0 atom stereocenters. The van der Waals surface area contributed by atoms with Gasteiger partial charge in [-0.3, -0.25) is 9.88 Å². The van der Waals surface area contributed by atoms with Gasteiger partial charge < -0.3 is 0 Å². The maximum atomic E-state index is 4.54. The zero-order valence-corrected chi connectivity index (χ0v) is 11.6. The molecule has 88 valence electrons. The van der Waals surface area contributed by atoms with Gasteiger partial charge in [0.25, 0.3) is 0 Å². The highest BCUT2D eigenvalue weighted by atomic mass is 79.9. The standard InChI is InChI=1S/C13H19BrN2/c1-11-4-3-5-12(15-11)8-16(2)10-13(9-14)6-7-13/h3-5H,6-10H2,1-2H3. The molecule has 1 heterocycles. The summed E-state index contributed by atoms with van der Waals surface area (Å²) >= 11 is 3.62. The number of hydrogen-bond acceptors (Lipinski definition) is 2. The highest BCUT2D eigenvalue weighted by Gasteiger charge is 2.42. The van der Waals surface area contributed by atoms with E-state index in [2.05, 4.69) is 45.0 Å². The summed E-state index contributed by atoms with van der Waals surface area (Å²) < 4.78 is 0. The third-order valence-corrected chi connectivity index (χ3v) is 4.41. The van der Waals surface area contributed by atoms with E-state index in [0.29, 0.717) is 5.41 Å². The smallest absolute Gasteiger partial charge is 0.0547 e. The minimum absolute atomic E-state index is 0.554. The average Bonchev–Trinajstić information content (AvgIpc) is 2.98. The third kappa shape index (κ3) is 3.05. The van der Waals surface area contributed by atoms with Crippen LogP contribution in [0, 0.1) is 12.3 Å². The summed E-state index contributed by atoms with van der Waals surface area (Å²) in [4.78, 5) is 6.92. The number of alkyl halides is 1. The Bertz CT molecular complexity index is 361. The predicted octanol–water partition coefficient (Wildman–Crippen LogP) is 3.00. The highest BCUT2D eigenvalue weighted by Crippen LogP contribution is 2.47. The lowest BCUT2D eigenvalue weighted by atomic mass is 10.1. The summed E-state index contributed by atoms with van der Waals surface area (Å²) in [6.45, 7) is 4.18. The van der Waals surface area contributed by atoms with Gasteiger partial charge in [0.15, 0.2) is 0 Å². The van der Waals surface area contributed by atoms with Crippen LogP contribution in [-0.4, -0.2) is 28.8 Å². The number of aromatic nitrogens is 1. The van der Waals surface area contributed by atoms with Crippen LogP contribution in [0.4, 0.5) is 0 Å². The Balaban J connectivity index is 1.89. The molecule has 0 N–H and O–H groups in total. The maximum absolute atomic E-state index is 4.54. The van der Waals surface area contributed by atoms with E-state index in [4.69, 9.17) is 0 Å². The quantitative estimate of drug-likeness (QED) is 0.772. The van der Waals surface area contributed by atoms with Gasteiger partial charge in [-0.1, -0.05) is 22.0 Å². The molecule has 2 nitrogen and oxygen atoms in total. The molecule has 2 rings (SSSR count). The zero-order chi connectivity index (χ0) is 11.6. The van der Waals surface area contributed by atoms with E-state index >= 15 is 0 Å². The van der Waals surface area contributed by atoms with Gasteiger partial charge in [0.05, 0.1) is 5.69 Å². The Hall–Kier alpha value is -0.410. The number of rotatable bonds is 5. The van der Waals surface area contributed by atoms with Crippen LogP contribution in [0.25, 0.3) is 0 Å². The molecule has 1 aliphatic carbocycles. The first-order chi connectivity index (χ1) is 7.63. The molecule has 0 aliphatic heterocycles. The Morgan fingerprint density at radius 3 is 2.75 bits per heavy atom. The summed E-state index contributed by atoms with van der Waals surface area (Å²) in [6.07, 6.45) is 2.73. The first-order valence-electron chi connectivity index (χ1n) is 5.81. The predicted molar refractivity (Wildman–Crippen MR) is 70.8 cm³/mol. The van der Waals surface area contributed by atoms with Gasteiger partial charge in [0.2, 0.25) is 0 Å². The second-order valence-electron chi connectivity index (χ2n) is 5.08. The van der Waals surface area contributed by atoms with Crippen molar-refractivity contribution in [1.29, 1.82) is 0 Å². The Labute approximate surface area is 106 Å². The fraction of sp³-hybridized carbons (Fsp3) is 0.615. The lowest BCUT2D eigenvalue weighted by molar-refractivity contribution is 0.268. The van der Waals surface area contributed by atoms with Gasteiger partial charge in [-0.15, -0.1) is 0 Å². The van der Waals surface area contributed by atoms with Crippen molar-refractivity contribution in [3.05, 3.63) is 29.6 Å². The number of halogens is 1. The Kier molecular flexibility index (Phi) is 3.65. The van der Waals surface area contributed by atoms with E-state index in [1.54, 1.807) is 0 Å². The van der Waals surface area contributed by atoms with Crippen molar-refractivity contribution in [2.45, 2.75) is 26.3 Å². The Morgan fingerprint density at radius 2 is 2.19 bits per heavy atom. The maximum Gasteiger partial charge on any atom is 0.0547 e. The molecule has 1 aromatic rings. The van der Waals surface area contributed by atoms with Gasteiger partial charge in [0, 0.05) is 24.1 Å². The van der Waals surface area contributed by atoms with Crippen LogP contribution in [0.15, 0.2) is 18.2 Å². The normalized spacial score (nSPS) is 17.8. The fourth-order valence-corrected chi connectivity index (χ4v) is 2.84. The largest absolute Gasteiger partial charge is 0.300 e. The average molecular weight is 283 g/mol. The van der Waals surface area contributed by atoms with Crippen LogP contribution in [-0.2, 0) is 6.54 Å². The molecule has 1 aromatic heterocycles. The minimum Gasteiger partial charge on any atom is -0.300 e. The summed E-state index contributed by atoms with van der Waals surface area (Å²) in [5.41, 5.74) is 2.83. The van der Waals surface area contributed by atoms with Crippen molar-refractivity contribution >= 4 is 15.9 Å². The summed E-state index contributed by atoms with van der Waals surface area (Å²) in [7, 11) is 2.19. The highest BCUT2D eigenvalue weighted by molar-refractivity contribution is 9.09. The van der Waals surface area contributed by atoms with E-state index in [-0.39, 0.29) is 0 Å². The van der Waals surface area contributed by atoms with Crippen LogP contribution in [0.5, 0.6) is 0 Å². The van der Waals surface area contributed by atoms with Gasteiger partial charge in [-0.25, -0.2) is 0 Å². The van der Waals surface area contributed by atoms with Crippen molar-refractivity contribution < 1.29 is 0 Å². The second kappa shape index (κ2) is 4.84. The van der Waals surface area contributed by atoms with E-state index < -0.39 is 0 Å². The van der Waals surface area contributed by atoms with Crippen molar-refractivity contribution in [1.82, 2.24) is 9.88 Å². The van der Waals surface area contributed by atoms with Crippen LogP contribution >= 0.6 is 15.9 Å². The molecule has 0 spiro atoms. The lowest BCUT2D eigenvalue weighted by Gasteiger charge is -2.21. The monoisotopic (exact) mass is 282 g/mol. The topological polar surface area (TPSA) is 16.1 Å². The van der Waals surface area contributed by atoms with E-state index in [1.807, 2.05) is 13.0 Å². The molecule has 3 heteroatoms. The molecule has 0 radical (unpaired) electrons. The first-order valence-corrected chi connectivity index (χ1v) is 6.93. The Morgan fingerprint density at radius 1 is 1.44 bits per heavy atom. The van der Waals surface area contributed by atoms with Crippen LogP contribution < -0.4 is 0 Å². The van der Waals surface area contributed by atoms with Crippen LogP contribution in [0.1, 0.15) is 24.2 Å². The van der Waals surface area contributed by atoms with E-state index in [0.717, 1.165) is 17.6 Å². The molecule has 1 aliphatic rings. The molecule has 0 bridgehead atoms. The van der Waals surface area contributed by atoms with Gasteiger partial charge >= 0.3 is 0 Å². The molecule has 16 heavy (non-hydrogen) atoms. The molecule has 0 unspecified atom stereocenters. The molecular weight excluding hydrogens is 264 g/mol. The molecule has 0 aromatic carbocycles. The van der Waals surface area contributed by atoms with Gasteiger partial charge in [-0.2, -0.15) is 0 Å². The van der Waals surface area contributed by atoms with Crippen LogP contribution in [0.3, 0.4) is 0 Å². The van der Waals surface area contributed by atoms with Crippen LogP contribution in [0.2, 0.25) is 0 Å². The van der Waals surface area contributed by atoms with Crippen molar-refractivity contribution in [2.24, 2.45) is 5.41 Å². The third-order valence-electron chi connectivity index (χ3n) is 3.22. The molecule has 0 amide bonds. The molecule has 1 fully saturated rings. The number of pyridine rings is 1. The van der Waals surface area contributed by atoms with Crippen molar-refractivity contribution in [3.8, 4) is 0 Å². The summed E-state index contributed by atoms with van der Waals surface area (Å²) in [5.74, 6) is 0. The van der Waals surface area contributed by atoms with E-state index in [9.17, 15) is 0 Å². The van der Waals surface area contributed by atoms with Gasteiger partial charge in [-0.05, 0) is 44.4 Å². The van der Waals surface area contributed by atoms with Crippen molar-refractivity contribution in [2.75, 3.05) is 18.9 Å².